The molecule has 1 unspecified atom stereocenters. The van der Waals surface area contributed by atoms with Gasteiger partial charge in [-0.3, -0.25) is 19.8 Å². The van der Waals surface area contributed by atoms with Gasteiger partial charge in [0.05, 0.1) is 17.8 Å². The van der Waals surface area contributed by atoms with Gasteiger partial charge in [-0.2, -0.15) is 5.10 Å². The number of aromatic nitrogens is 3. The van der Waals surface area contributed by atoms with Crippen molar-refractivity contribution in [3.05, 3.63) is 53.5 Å². The minimum absolute atomic E-state index is 0.0483. The van der Waals surface area contributed by atoms with Crippen LogP contribution in [-0.4, -0.2) is 73.5 Å². The largest absolute Gasteiger partial charge is 0.321 e. The summed E-state index contributed by atoms with van der Waals surface area (Å²) < 4.78 is 0. The highest BCUT2D eigenvalue weighted by molar-refractivity contribution is 6.04. The monoisotopic (exact) mass is 473 g/mol. The van der Waals surface area contributed by atoms with Gasteiger partial charge in [0.1, 0.15) is 5.69 Å². The Kier molecular flexibility index (Phi) is 5.07. The molecule has 35 heavy (non-hydrogen) atoms. The number of anilines is 1. The Morgan fingerprint density at radius 3 is 2.80 bits per heavy atom. The lowest BCUT2D eigenvalue weighted by Crippen LogP contribution is -2.60. The van der Waals surface area contributed by atoms with E-state index in [1.165, 1.54) is 6.42 Å². The minimum Gasteiger partial charge on any atom is -0.319 e. The highest BCUT2D eigenvalue weighted by Gasteiger charge is 2.47. The second kappa shape index (κ2) is 8.05. The summed E-state index contributed by atoms with van der Waals surface area (Å²) in [6, 6.07) is 10.3. The first-order valence-corrected chi connectivity index (χ1v) is 12.4. The molecule has 3 amide bonds. The lowest BCUT2D eigenvalue weighted by molar-refractivity contribution is 0.0454. The van der Waals surface area contributed by atoms with Crippen LogP contribution in [0.4, 0.5) is 10.6 Å². The van der Waals surface area contributed by atoms with Gasteiger partial charge in [0.2, 0.25) is 0 Å². The Labute approximate surface area is 204 Å². The van der Waals surface area contributed by atoms with E-state index in [1.54, 1.807) is 12.3 Å². The van der Waals surface area contributed by atoms with Gasteiger partial charge < -0.3 is 15.1 Å². The number of carbonyl (C=O) groups is 2. The van der Waals surface area contributed by atoms with Crippen molar-refractivity contribution in [3.63, 3.8) is 0 Å². The zero-order valence-electron chi connectivity index (χ0n) is 20.4. The van der Waals surface area contributed by atoms with E-state index in [-0.39, 0.29) is 18.0 Å². The number of carbonyl (C=O) groups excluding carboxylic acids is 2. The van der Waals surface area contributed by atoms with E-state index in [1.807, 2.05) is 47.9 Å². The molecule has 0 saturated carbocycles. The second-order valence-electron chi connectivity index (χ2n) is 10.5. The maximum atomic E-state index is 13.8. The van der Waals surface area contributed by atoms with E-state index >= 15 is 0 Å². The van der Waals surface area contributed by atoms with Gasteiger partial charge in [-0.1, -0.05) is 24.3 Å². The van der Waals surface area contributed by atoms with Gasteiger partial charge >= 0.3 is 6.03 Å². The molecule has 0 spiro atoms. The van der Waals surface area contributed by atoms with E-state index in [9.17, 15) is 9.59 Å². The predicted octanol–water partition coefficient (Wildman–Crippen LogP) is 3.55. The highest BCUT2D eigenvalue weighted by atomic mass is 16.2. The third-order valence-corrected chi connectivity index (χ3v) is 7.98. The first kappa shape index (κ1) is 22.0. The molecular weight excluding hydrogens is 442 g/mol. The molecule has 3 aromatic rings. The average Bonchev–Trinajstić information content (AvgIpc) is 3.53. The Morgan fingerprint density at radius 1 is 1.17 bits per heavy atom. The van der Waals surface area contributed by atoms with Crippen LogP contribution in [0, 0.1) is 0 Å². The normalized spacial score (nSPS) is 23.4. The van der Waals surface area contributed by atoms with Crippen LogP contribution in [0.15, 0.2) is 36.5 Å². The molecule has 3 aliphatic rings. The summed E-state index contributed by atoms with van der Waals surface area (Å²) in [6.07, 6.45) is 4.07. The van der Waals surface area contributed by atoms with Crippen LogP contribution in [0.2, 0.25) is 0 Å². The van der Waals surface area contributed by atoms with Crippen molar-refractivity contribution in [3.8, 4) is 0 Å². The van der Waals surface area contributed by atoms with E-state index in [0.29, 0.717) is 24.1 Å². The number of benzene rings is 1. The average molecular weight is 474 g/mol. The van der Waals surface area contributed by atoms with Gasteiger partial charge in [0, 0.05) is 42.3 Å². The number of pyridine rings is 1. The molecule has 2 fully saturated rings. The van der Waals surface area contributed by atoms with Crippen molar-refractivity contribution in [2.24, 2.45) is 0 Å². The van der Waals surface area contributed by atoms with Crippen molar-refractivity contribution in [1.29, 1.82) is 0 Å². The Bertz CT molecular complexity index is 1320. The van der Waals surface area contributed by atoms with Crippen LogP contribution < -0.4 is 5.32 Å². The summed E-state index contributed by atoms with van der Waals surface area (Å²) in [6.45, 7) is 9.43. The number of rotatable bonds is 2. The zero-order chi connectivity index (χ0) is 24.3. The molecular formula is C26H31N7O2. The first-order valence-electron chi connectivity index (χ1n) is 12.4. The molecule has 2 N–H and O–H groups in total. The van der Waals surface area contributed by atoms with Crippen molar-refractivity contribution in [2.75, 3.05) is 25.0 Å². The standard InChI is InChI=1S/C26H31N7O2/c1-16-13-31-10-6-9-19(31)14-32(16)25(35)33-15-20-22(26(33,2)3)29-30-23(20)28-24(34)21-11-17-7-4-5-8-18(17)12-27-21/h4-5,7-8,11-12,16,19H,6,9-10,13-15H2,1-3H3,(H2,28,29,30,34)/t16?,19-/m0/s1. The number of amides is 3. The smallest absolute Gasteiger partial charge is 0.319 e. The molecule has 2 atom stereocenters. The van der Waals surface area contributed by atoms with Crippen molar-refractivity contribution in [2.45, 2.75) is 57.8 Å². The minimum atomic E-state index is -0.559. The first-order chi connectivity index (χ1) is 16.8. The van der Waals surface area contributed by atoms with Gasteiger partial charge in [0.15, 0.2) is 5.82 Å². The lowest BCUT2D eigenvalue weighted by atomic mass is 10.0. The maximum Gasteiger partial charge on any atom is 0.321 e. The Morgan fingerprint density at radius 2 is 1.97 bits per heavy atom. The van der Waals surface area contributed by atoms with Crippen molar-refractivity contribution < 1.29 is 9.59 Å². The summed E-state index contributed by atoms with van der Waals surface area (Å²) in [7, 11) is 0. The van der Waals surface area contributed by atoms with Crippen LogP contribution in [0.25, 0.3) is 10.8 Å². The summed E-state index contributed by atoms with van der Waals surface area (Å²) in [5, 5.41) is 12.3. The molecule has 0 bridgehead atoms. The number of hydrogen-bond donors (Lipinski definition) is 2. The summed E-state index contributed by atoms with van der Waals surface area (Å²) in [5.41, 5.74) is 1.48. The molecule has 0 aliphatic carbocycles. The van der Waals surface area contributed by atoms with Gasteiger partial charge in [-0.25, -0.2) is 4.79 Å². The molecule has 2 saturated heterocycles. The number of nitrogens with one attached hydrogen (secondary N) is 2. The quantitative estimate of drug-likeness (QED) is 0.593. The third kappa shape index (κ3) is 3.56. The molecule has 1 aromatic carbocycles. The van der Waals surface area contributed by atoms with Crippen LogP contribution in [-0.2, 0) is 12.1 Å². The lowest BCUT2D eigenvalue weighted by Gasteiger charge is -2.45. The van der Waals surface area contributed by atoms with Gasteiger partial charge in [-0.05, 0) is 51.6 Å². The van der Waals surface area contributed by atoms with Crippen LogP contribution in [0.5, 0.6) is 0 Å². The number of fused-ring (bicyclic) bond motifs is 3. The fourth-order valence-corrected chi connectivity index (χ4v) is 5.91. The maximum absolute atomic E-state index is 13.8. The number of H-pyrrole nitrogens is 1. The number of urea groups is 1. The van der Waals surface area contributed by atoms with E-state index in [4.69, 9.17) is 0 Å². The predicted molar refractivity (Wildman–Crippen MR) is 133 cm³/mol. The SMILES string of the molecule is CC1CN2CCC[C@H]2CN1C(=O)N1Cc2c(NC(=O)c3cc4ccccc4cn3)n[nH]c2C1(C)C. The number of hydrogen-bond acceptors (Lipinski definition) is 5. The fraction of sp³-hybridized carbons (Fsp3) is 0.462. The van der Waals surface area contributed by atoms with Gasteiger partial charge in [-0.15, -0.1) is 0 Å². The van der Waals surface area contributed by atoms with Crippen molar-refractivity contribution >= 4 is 28.5 Å². The molecule has 9 heteroatoms. The van der Waals surface area contributed by atoms with Crippen LogP contribution in [0.1, 0.15) is 55.4 Å². The topological polar surface area (TPSA) is 97.5 Å². The van der Waals surface area contributed by atoms with E-state index < -0.39 is 5.54 Å². The molecule has 5 heterocycles. The molecule has 0 radical (unpaired) electrons. The Balaban J connectivity index is 1.22. The Hall–Kier alpha value is -3.46. The summed E-state index contributed by atoms with van der Waals surface area (Å²) >= 11 is 0. The number of aromatic amines is 1. The second-order valence-corrected chi connectivity index (χ2v) is 10.5. The zero-order valence-corrected chi connectivity index (χ0v) is 20.4. The summed E-state index contributed by atoms with van der Waals surface area (Å²) in [5.74, 6) is 0.135. The molecule has 9 nitrogen and oxygen atoms in total. The van der Waals surface area contributed by atoms with Crippen LogP contribution >= 0.6 is 0 Å². The summed E-state index contributed by atoms with van der Waals surface area (Å²) in [4.78, 5) is 37.5. The van der Waals surface area contributed by atoms with Crippen LogP contribution in [0.3, 0.4) is 0 Å². The molecule has 182 valence electrons. The number of nitrogens with zero attached hydrogens (tertiary/aromatic N) is 5. The fourth-order valence-electron chi connectivity index (χ4n) is 5.91. The highest BCUT2D eigenvalue weighted by Crippen LogP contribution is 2.41. The molecule has 6 rings (SSSR count). The van der Waals surface area contributed by atoms with Gasteiger partial charge in [0.25, 0.3) is 5.91 Å². The third-order valence-electron chi connectivity index (χ3n) is 7.98. The van der Waals surface area contributed by atoms with Crippen molar-refractivity contribution in [1.82, 2.24) is 29.9 Å². The van der Waals surface area contributed by atoms with E-state index in [2.05, 4.69) is 32.3 Å². The van der Waals surface area contributed by atoms with E-state index in [0.717, 1.165) is 48.1 Å². The number of piperazine rings is 1. The molecule has 3 aliphatic heterocycles. The molecule has 2 aromatic heterocycles.